The van der Waals surface area contributed by atoms with Gasteiger partial charge in [-0.25, -0.2) is 8.42 Å². The van der Waals surface area contributed by atoms with E-state index < -0.39 is 9.84 Å². The fourth-order valence-corrected chi connectivity index (χ4v) is 3.42. The molecule has 0 aliphatic rings. The molecular weight excluding hydrogens is 284 g/mol. The van der Waals surface area contributed by atoms with Crippen LogP contribution in [0.1, 0.15) is 33.6 Å². The second-order valence-corrected chi connectivity index (χ2v) is 8.04. The van der Waals surface area contributed by atoms with E-state index in [9.17, 15) is 8.42 Å². The van der Waals surface area contributed by atoms with E-state index in [-0.39, 0.29) is 11.8 Å². The maximum atomic E-state index is 12.0. The van der Waals surface area contributed by atoms with E-state index in [4.69, 9.17) is 5.73 Å². The molecule has 0 aliphatic carbocycles. The van der Waals surface area contributed by atoms with Crippen molar-refractivity contribution >= 4 is 15.5 Å². The summed E-state index contributed by atoms with van der Waals surface area (Å²) in [6, 6.07) is 7.31. The number of hydrogen-bond acceptors (Lipinski definition) is 4. The molecule has 120 valence electrons. The molecule has 1 rings (SSSR count). The molecule has 0 radical (unpaired) electrons. The standard InChI is InChI=1S/C16H28N2O2S/c1-5-12-21(19,20)15-8-6-14(7-9-15)18(4)11-10-16(17)13(2)3/h6-9,13,16H,5,10-12,17H2,1-4H3. The second-order valence-electron chi connectivity index (χ2n) is 5.93. The highest BCUT2D eigenvalue weighted by molar-refractivity contribution is 7.91. The molecule has 0 heterocycles. The Bertz CT molecular complexity index is 524. The summed E-state index contributed by atoms with van der Waals surface area (Å²) in [6.45, 7) is 6.98. The molecule has 0 amide bonds. The maximum absolute atomic E-state index is 12.0. The van der Waals surface area contributed by atoms with Crippen LogP contribution in [0, 0.1) is 5.92 Å². The van der Waals surface area contributed by atoms with Crippen molar-refractivity contribution in [1.29, 1.82) is 0 Å². The predicted octanol–water partition coefficient (Wildman–Crippen LogP) is 2.68. The Morgan fingerprint density at radius 2 is 1.76 bits per heavy atom. The molecule has 0 saturated heterocycles. The maximum Gasteiger partial charge on any atom is 0.178 e. The quantitative estimate of drug-likeness (QED) is 0.801. The largest absolute Gasteiger partial charge is 0.375 e. The van der Waals surface area contributed by atoms with Crippen molar-refractivity contribution in [2.45, 2.75) is 44.6 Å². The van der Waals surface area contributed by atoms with E-state index in [0.29, 0.717) is 17.2 Å². The molecule has 0 spiro atoms. The van der Waals surface area contributed by atoms with Gasteiger partial charge in [0, 0.05) is 25.3 Å². The zero-order valence-electron chi connectivity index (χ0n) is 13.5. The highest BCUT2D eigenvalue weighted by atomic mass is 32.2. The summed E-state index contributed by atoms with van der Waals surface area (Å²) in [6.07, 6.45) is 1.56. The number of anilines is 1. The average Bonchev–Trinajstić information content (AvgIpc) is 2.44. The van der Waals surface area contributed by atoms with Crippen molar-refractivity contribution in [1.82, 2.24) is 0 Å². The number of nitrogens with two attached hydrogens (primary N) is 1. The minimum absolute atomic E-state index is 0.191. The molecule has 2 N–H and O–H groups in total. The smallest absolute Gasteiger partial charge is 0.178 e. The van der Waals surface area contributed by atoms with Gasteiger partial charge in [0.05, 0.1) is 10.6 Å². The van der Waals surface area contributed by atoms with Crippen molar-refractivity contribution in [3.63, 3.8) is 0 Å². The molecule has 1 unspecified atom stereocenters. The van der Waals surface area contributed by atoms with Crippen LogP contribution in [0.5, 0.6) is 0 Å². The second kappa shape index (κ2) is 7.80. The van der Waals surface area contributed by atoms with Crippen LogP contribution in [-0.4, -0.2) is 33.8 Å². The molecule has 0 aliphatic heterocycles. The molecule has 1 aromatic rings. The highest BCUT2D eigenvalue weighted by Crippen LogP contribution is 2.19. The summed E-state index contributed by atoms with van der Waals surface area (Å²) in [4.78, 5) is 2.51. The lowest BCUT2D eigenvalue weighted by Gasteiger charge is -2.23. The van der Waals surface area contributed by atoms with E-state index in [0.717, 1.165) is 18.7 Å². The van der Waals surface area contributed by atoms with Gasteiger partial charge in [-0.2, -0.15) is 0 Å². The number of hydrogen-bond donors (Lipinski definition) is 1. The molecular formula is C16H28N2O2S. The van der Waals surface area contributed by atoms with Gasteiger partial charge in [-0.3, -0.25) is 0 Å². The summed E-state index contributed by atoms with van der Waals surface area (Å²) >= 11 is 0. The number of nitrogens with zero attached hydrogens (tertiary/aromatic N) is 1. The Morgan fingerprint density at radius 1 is 1.19 bits per heavy atom. The van der Waals surface area contributed by atoms with Gasteiger partial charge in [-0.1, -0.05) is 20.8 Å². The topological polar surface area (TPSA) is 63.4 Å². The summed E-state index contributed by atoms with van der Waals surface area (Å²) < 4.78 is 23.9. The van der Waals surface area contributed by atoms with E-state index >= 15 is 0 Å². The predicted molar refractivity (Wildman–Crippen MR) is 89.5 cm³/mol. The van der Waals surface area contributed by atoms with Crippen molar-refractivity contribution in [2.24, 2.45) is 11.7 Å². The fraction of sp³-hybridized carbons (Fsp3) is 0.625. The van der Waals surface area contributed by atoms with E-state index in [1.54, 1.807) is 12.1 Å². The molecule has 1 aromatic carbocycles. The van der Waals surface area contributed by atoms with Crippen LogP contribution in [0.2, 0.25) is 0 Å². The number of rotatable bonds is 8. The first-order chi connectivity index (χ1) is 9.77. The molecule has 0 aromatic heterocycles. The average molecular weight is 312 g/mol. The first-order valence-electron chi connectivity index (χ1n) is 7.57. The van der Waals surface area contributed by atoms with Gasteiger partial charge < -0.3 is 10.6 Å². The van der Waals surface area contributed by atoms with Crippen LogP contribution in [0.3, 0.4) is 0 Å². The van der Waals surface area contributed by atoms with Crippen LogP contribution < -0.4 is 10.6 Å². The fourth-order valence-electron chi connectivity index (χ4n) is 2.10. The molecule has 4 nitrogen and oxygen atoms in total. The third-order valence-corrected chi connectivity index (χ3v) is 5.70. The van der Waals surface area contributed by atoms with Crippen molar-refractivity contribution in [3.8, 4) is 0 Å². The third kappa shape index (κ3) is 5.32. The van der Waals surface area contributed by atoms with Gasteiger partial charge in [-0.05, 0) is 43.0 Å². The Morgan fingerprint density at radius 3 is 2.24 bits per heavy atom. The van der Waals surface area contributed by atoms with Crippen molar-refractivity contribution in [3.05, 3.63) is 24.3 Å². The Hall–Kier alpha value is -1.07. The monoisotopic (exact) mass is 312 g/mol. The first-order valence-corrected chi connectivity index (χ1v) is 9.22. The van der Waals surface area contributed by atoms with Gasteiger partial charge in [-0.15, -0.1) is 0 Å². The minimum Gasteiger partial charge on any atom is -0.375 e. The van der Waals surface area contributed by atoms with Gasteiger partial charge in [0.2, 0.25) is 0 Å². The summed E-state index contributed by atoms with van der Waals surface area (Å²) in [5.41, 5.74) is 7.07. The highest BCUT2D eigenvalue weighted by Gasteiger charge is 2.14. The lowest BCUT2D eigenvalue weighted by Crippen LogP contribution is -2.31. The number of sulfone groups is 1. The lowest BCUT2D eigenvalue weighted by atomic mass is 10.0. The van der Waals surface area contributed by atoms with E-state index in [2.05, 4.69) is 18.7 Å². The van der Waals surface area contributed by atoms with Gasteiger partial charge in [0.15, 0.2) is 9.84 Å². The molecule has 1 atom stereocenters. The Kier molecular flexibility index (Phi) is 6.68. The molecule has 0 bridgehead atoms. The van der Waals surface area contributed by atoms with Gasteiger partial charge >= 0.3 is 0 Å². The molecule has 0 fully saturated rings. The van der Waals surface area contributed by atoms with Crippen LogP contribution in [0.25, 0.3) is 0 Å². The molecule has 21 heavy (non-hydrogen) atoms. The summed E-state index contributed by atoms with van der Waals surface area (Å²) in [5, 5.41) is 0. The van der Waals surface area contributed by atoms with Gasteiger partial charge in [0.25, 0.3) is 0 Å². The zero-order chi connectivity index (χ0) is 16.0. The Balaban J connectivity index is 2.69. The van der Waals surface area contributed by atoms with Gasteiger partial charge in [0.1, 0.15) is 0 Å². The van der Waals surface area contributed by atoms with E-state index in [1.165, 1.54) is 0 Å². The lowest BCUT2D eigenvalue weighted by molar-refractivity contribution is 0.466. The molecule has 0 saturated carbocycles. The van der Waals surface area contributed by atoms with Crippen molar-refractivity contribution in [2.75, 3.05) is 24.2 Å². The SMILES string of the molecule is CCCS(=O)(=O)c1ccc(N(C)CCC(N)C(C)C)cc1. The summed E-state index contributed by atoms with van der Waals surface area (Å²) in [7, 11) is -1.13. The Labute approximate surface area is 129 Å². The van der Waals surface area contributed by atoms with Crippen LogP contribution in [-0.2, 0) is 9.84 Å². The number of benzene rings is 1. The van der Waals surface area contributed by atoms with Crippen LogP contribution in [0.4, 0.5) is 5.69 Å². The zero-order valence-corrected chi connectivity index (χ0v) is 14.4. The normalized spacial score (nSPS) is 13.4. The van der Waals surface area contributed by atoms with E-state index in [1.807, 2.05) is 26.1 Å². The first kappa shape index (κ1) is 18.0. The summed E-state index contributed by atoms with van der Waals surface area (Å²) in [5.74, 6) is 0.672. The third-order valence-electron chi connectivity index (χ3n) is 3.76. The van der Waals surface area contributed by atoms with Crippen molar-refractivity contribution < 1.29 is 8.42 Å². The minimum atomic E-state index is -3.13. The van der Waals surface area contributed by atoms with Crippen LogP contribution >= 0.6 is 0 Å². The van der Waals surface area contributed by atoms with Crippen LogP contribution in [0.15, 0.2) is 29.2 Å². The molecule has 5 heteroatoms.